The zero-order valence-electron chi connectivity index (χ0n) is 18.1. The van der Waals surface area contributed by atoms with Gasteiger partial charge in [0.1, 0.15) is 5.75 Å². The minimum atomic E-state index is -0.350. The Morgan fingerprint density at radius 3 is 2.55 bits per heavy atom. The number of nitrogens with one attached hydrogen (secondary N) is 1. The van der Waals surface area contributed by atoms with E-state index >= 15 is 0 Å². The zero-order chi connectivity index (χ0) is 21.6. The van der Waals surface area contributed by atoms with Crippen LogP contribution in [0.15, 0.2) is 54.6 Å². The summed E-state index contributed by atoms with van der Waals surface area (Å²) in [6.45, 7) is 5.50. The maximum atomic E-state index is 13.0. The highest BCUT2D eigenvalue weighted by molar-refractivity contribution is 6.01. The molecule has 31 heavy (non-hydrogen) atoms. The quantitative estimate of drug-likeness (QED) is 0.710. The molecule has 2 saturated heterocycles. The van der Waals surface area contributed by atoms with Gasteiger partial charge in [-0.1, -0.05) is 42.5 Å². The Labute approximate surface area is 184 Å². The molecule has 2 fully saturated rings. The van der Waals surface area contributed by atoms with Crippen molar-refractivity contribution in [2.24, 2.45) is 5.92 Å². The monoisotopic (exact) mass is 421 g/mol. The van der Waals surface area contributed by atoms with Gasteiger partial charge in [-0.2, -0.15) is 0 Å². The minimum Gasteiger partial charge on any atom is -0.492 e. The third-order valence-corrected chi connectivity index (χ3v) is 6.19. The van der Waals surface area contributed by atoms with Crippen molar-refractivity contribution >= 4 is 17.5 Å². The highest BCUT2D eigenvalue weighted by atomic mass is 16.5. The van der Waals surface area contributed by atoms with Crippen LogP contribution in [0, 0.1) is 5.92 Å². The summed E-state index contributed by atoms with van der Waals surface area (Å²) in [5, 5.41) is 3.14. The number of benzene rings is 2. The third kappa shape index (κ3) is 4.90. The molecule has 0 aliphatic carbocycles. The van der Waals surface area contributed by atoms with Gasteiger partial charge in [-0.15, -0.1) is 0 Å². The van der Waals surface area contributed by atoms with Gasteiger partial charge in [0.15, 0.2) is 0 Å². The van der Waals surface area contributed by atoms with E-state index in [1.54, 1.807) is 4.90 Å². The van der Waals surface area contributed by atoms with Crippen LogP contribution in [0.4, 0.5) is 5.69 Å². The summed E-state index contributed by atoms with van der Waals surface area (Å²) in [5.41, 5.74) is 1.96. The molecule has 0 saturated carbocycles. The normalized spacial score (nSPS) is 20.1. The van der Waals surface area contributed by atoms with Gasteiger partial charge < -0.3 is 15.0 Å². The average molecular weight is 422 g/mol. The molecular formula is C25H31N3O3. The van der Waals surface area contributed by atoms with Crippen molar-refractivity contribution in [3.63, 3.8) is 0 Å². The Morgan fingerprint density at radius 2 is 1.81 bits per heavy atom. The summed E-state index contributed by atoms with van der Waals surface area (Å²) in [6.07, 6.45) is 2.62. The third-order valence-electron chi connectivity index (χ3n) is 6.19. The van der Waals surface area contributed by atoms with Crippen molar-refractivity contribution in [3.05, 3.63) is 60.2 Å². The fraction of sp³-hybridized carbons (Fsp3) is 0.440. The van der Waals surface area contributed by atoms with E-state index in [0.717, 1.165) is 18.8 Å². The summed E-state index contributed by atoms with van der Waals surface area (Å²) in [7, 11) is 0. The molecule has 164 valence electrons. The predicted octanol–water partition coefficient (Wildman–Crippen LogP) is 3.39. The van der Waals surface area contributed by atoms with Crippen molar-refractivity contribution in [1.82, 2.24) is 10.2 Å². The molecule has 2 heterocycles. The molecule has 0 spiro atoms. The highest BCUT2D eigenvalue weighted by Gasteiger charge is 2.36. The number of carbonyl (C=O) groups is 2. The first-order valence-electron chi connectivity index (χ1n) is 11.3. The Kier molecular flexibility index (Phi) is 6.87. The first-order chi connectivity index (χ1) is 15.2. The van der Waals surface area contributed by atoms with Crippen LogP contribution in [-0.2, 0) is 9.59 Å². The van der Waals surface area contributed by atoms with Crippen LogP contribution in [-0.4, -0.2) is 49.5 Å². The van der Waals surface area contributed by atoms with Gasteiger partial charge >= 0.3 is 0 Å². The van der Waals surface area contributed by atoms with E-state index in [0.29, 0.717) is 25.4 Å². The standard InChI is InChI=1S/C25H31N3O3/c1-2-31-23-13-7-6-12-21(23)28-18-20(16-24(28)29)25(30)26-17-22(27-14-8-9-15-27)19-10-4-3-5-11-19/h3-7,10-13,20,22H,2,8-9,14-18H2,1H3,(H,26,30). The molecule has 2 aromatic carbocycles. The molecule has 4 rings (SSSR count). The lowest BCUT2D eigenvalue weighted by molar-refractivity contribution is -0.126. The van der Waals surface area contributed by atoms with Crippen molar-refractivity contribution in [2.45, 2.75) is 32.2 Å². The maximum absolute atomic E-state index is 13.0. The lowest BCUT2D eigenvalue weighted by Gasteiger charge is -2.28. The second-order valence-electron chi connectivity index (χ2n) is 8.22. The summed E-state index contributed by atoms with van der Waals surface area (Å²) in [4.78, 5) is 29.8. The lowest BCUT2D eigenvalue weighted by atomic mass is 10.0. The number of hydrogen-bond donors (Lipinski definition) is 1. The molecule has 2 unspecified atom stereocenters. The van der Waals surface area contributed by atoms with Crippen LogP contribution in [0.25, 0.3) is 0 Å². The second kappa shape index (κ2) is 9.96. The van der Waals surface area contributed by atoms with Gasteiger partial charge in [-0.25, -0.2) is 0 Å². The Hall–Kier alpha value is -2.86. The number of amides is 2. The number of likely N-dealkylation sites (tertiary alicyclic amines) is 1. The molecule has 0 aromatic heterocycles. The Balaban J connectivity index is 1.41. The van der Waals surface area contributed by atoms with E-state index in [2.05, 4.69) is 22.3 Å². The van der Waals surface area contributed by atoms with E-state index in [9.17, 15) is 9.59 Å². The fourth-order valence-electron chi connectivity index (χ4n) is 4.60. The fourth-order valence-corrected chi connectivity index (χ4v) is 4.60. The van der Waals surface area contributed by atoms with E-state index in [4.69, 9.17) is 4.74 Å². The van der Waals surface area contributed by atoms with Gasteiger partial charge in [0.25, 0.3) is 0 Å². The molecule has 2 aromatic rings. The molecule has 2 atom stereocenters. The Morgan fingerprint density at radius 1 is 1.10 bits per heavy atom. The van der Waals surface area contributed by atoms with Crippen LogP contribution >= 0.6 is 0 Å². The molecule has 2 amide bonds. The SMILES string of the molecule is CCOc1ccccc1N1CC(C(=O)NCC(c2ccccc2)N2CCCC2)CC1=O. The molecule has 2 aliphatic heterocycles. The van der Waals surface area contributed by atoms with Gasteiger partial charge in [0.2, 0.25) is 11.8 Å². The van der Waals surface area contributed by atoms with E-state index in [1.807, 2.05) is 49.4 Å². The van der Waals surface area contributed by atoms with E-state index in [1.165, 1.54) is 18.4 Å². The van der Waals surface area contributed by atoms with E-state index in [-0.39, 0.29) is 30.2 Å². The van der Waals surface area contributed by atoms with Crippen LogP contribution < -0.4 is 15.0 Å². The first-order valence-corrected chi connectivity index (χ1v) is 11.3. The molecule has 1 N–H and O–H groups in total. The van der Waals surface area contributed by atoms with Gasteiger partial charge in [0.05, 0.1) is 24.3 Å². The number of hydrogen-bond acceptors (Lipinski definition) is 4. The molecule has 6 heteroatoms. The van der Waals surface area contributed by atoms with Crippen molar-refractivity contribution in [1.29, 1.82) is 0 Å². The first kappa shape index (κ1) is 21.4. The average Bonchev–Trinajstić information content (AvgIpc) is 3.45. The van der Waals surface area contributed by atoms with Crippen molar-refractivity contribution in [3.8, 4) is 5.75 Å². The van der Waals surface area contributed by atoms with Gasteiger partial charge in [0, 0.05) is 19.5 Å². The summed E-state index contributed by atoms with van der Waals surface area (Å²) in [6, 6.07) is 18.0. The maximum Gasteiger partial charge on any atom is 0.227 e. The molecule has 2 aliphatic rings. The van der Waals surface area contributed by atoms with Gasteiger partial charge in [-0.05, 0) is 50.6 Å². The van der Waals surface area contributed by atoms with Crippen LogP contribution in [0.2, 0.25) is 0 Å². The van der Waals surface area contributed by atoms with Crippen molar-refractivity contribution in [2.75, 3.05) is 37.7 Å². The number of para-hydroxylation sites is 2. The largest absolute Gasteiger partial charge is 0.492 e. The number of anilines is 1. The molecule has 0 radical (unpaired) electrons. The van der Waals surface area contributed by atoms with E-state index < -0.39 is 0 Å². The zero-order valence-corrected chi connectivity index (χ0v) is 18.1. The smallest absolute Gasteiger partial charge is 0.227 e. The highest BCUT2D eigenvalue weighted by Crippen LogP contribution is 2.33. The minimum absolute atomic E-state index is 0.0357. The summed E-state index contributed by atoms with van der Waals surface area (Å²) in [5.74, 6) is 0.242. The number of carbonyl (C=O) groups excluding carboxylic acids is 2. The second-order valence-corrected chi connectivity index (χ2v) is 8.22. The van der Waals surface area contributed by atoms with Gasteiger partial charge in [-0.3, -0.25) is 14.5 Å². The molecule has 6 nitrogen and oxygen atoms in total. The number of rotatable bonds is 8. The van der Waals surface area contributed by atoms with Crippen LogP contribution in [0.3, 0.4) is 0 Å². The number of nitrogens with zero attached hydrogens (tertiary/aromatic N) is 2. The van der Waals surface area contributed by atoms with Crippen molar-refractivity contribution < 1.29 is 14.3 Å². The lowest BCUT2D eigenvalue weighted by Crippen LogP contribution is -2.40. The predicted molar refractivity (Wildman–Crippen MR) is 121 cm³/mol. The van der Waals surface area contributed by atoms with Crippen LogP contribution in [0.1, 0.15) is 37.8 Å². The number of ether oxygens (including phenoxy) is 1. The van der Waals surface area contributed by atoms with Crippen LogP contribution in [0.5, 0.6) is 5.75 Å². The summed E-state index contributed by atoms with van der Waals surface area (Å²) >= 11 is 0. The molecule has 0 bridgehead atoms. The topological polar surface area (TPSA) is 61.9 Å². The Bertz CT molecular complexity index is 896. The molecular weight excluding hydrogens is 390 g/mol. The summed E-state index contributed by atoms with van der Waals surface area (Å²) < 4.78 is 5.68.